The molecule has 0 rings (SSSR count). The van der Waals surface area contributed by atoms with E-state index in [0.717, 1.165) is 26.1 Å². The van der Waals surface area contributed by atoms with Crippen molar-refractivity contribution in [3.05, 3.63) is 0 Å². The highest BCUT2D eigenvalue weighted by Gasteiger charge is 1.90. The second-order valence-electron chi connectivity index (χ2n) is 3.40. The fraction of sp³-hybridized carbons (Fsp3) is 1.00. The van der Waals surface area contributed by atoms with Crippen molar-refractivity contribution in [3.63, 3.8) is 0 Å². The molecule has 0 aromatic rings. The van der Waals surface area contributed by atoms with Crippen LogP contribution in [-0.2, 0) is 0 Å². The van der Waals surface area contributed by atoms with Gasteiger partial charge < -0.3 is 16.0 Å². The summed E-state index contributed by atoms with van der Waals surface area (Å²) in [6.07, 6.45) is 3.64. The molecule has 3 N–H and O–H groups in total. The summed E-state index contributed by atoms with van der Waals surface area (Å²) in [4.78, 5) is 2.22. The maximum absolute atomic E-state index is 5.36. The number of nitrogens with zero attached hydrogens (tertiary/aromatic N) is 1. The molecule has 0 spiro atoms. The van der Waals surface area contributed by atoms with Gasteiger partial charge in [0.15, 0.2) is 0 Å². The molecule has 0 aromatic carbocycles. The van der Waals surface area contributed by atoms with Gasteiger partial charge in [-0.2, -0.15) is 0 Å². The molecule has 0 fully saturated rings. The van der Waals surface area contributed by atoms with Gasteiger partial charge in [-0.3, -0.25) is 0 Å². The zero-order chi connectivity index (χ0) is 9.23. The highest BCUT2D eigenvalue weighted by atomic mass is 15.0. The van der Waals surface area contributed by atoms with Gasteiger partial charge in [0.2, 0.25) is 0 Å². The maximum atomic E-state index is 5.36. The summed E-state index contributed by atoms with van der Waals surface area (Å²) < 4.78 is 0. The number of nitrogens with one attached hydrogen (secondary N) is 1. The first kappa shape index (κ1) is 11.9. The molecular weight excluding hydrogens is 150 g/mol. The van der Waals surface area contributed by atoms with Crippen molar-refractivity contribution in [1.29, 1.82) is 0 Å². The summed E-state index contributed by atoms with van der Waals surface area (Å²) in [5.41, 5.74) is 5.36. The molecule has 0 amide bonds. The minimum absolute atomic E-state index is 0.796. The zero-order valence-electron chi connectivity index (χ0n) is 8.47. The van der Waals surface area contributed by atoms with Gasteiger partial charge in [0.25, 0.3) is 0 Å². The first-order valence-corrected chi connectivity index (χ1v) is 4.83. The fourth-order valence-corrected chi connectivity index (χ4v) is 1.03. The molecule has 0 aliphatic rings. The van der Waals surface area contributed by atoms with Crippen molar-refractivity contribution < 1.29 is 0 Å². The normalized spacial score (nSPS) is 11.0. The monoisotopic (exact) mass is 173 g/mol. The molecule has 12 heavy (non-hydrogen) atoms. The van der Waals surface area contributed by atoms with E-state index in [1.54, 1.807) is 0 Å². The van der Waals surface area contributed by atoms with Gasteiger partial charge in [-0.1, -0.05) is 0 Å². The van der Waals surface area contributed by atoms with E-state index in [1.807, 2.05) is 0 Å². The van der Waals surface area contributed by atoms with Gasteiger partial charge in [0.1, 0.15) is 0 Å². The van der Waals surface area contributed by atoms with Gasteiger partial charge in [-0.05, 0) is 59.5 Å². The van der Waals surface area contributed by atoms with Crippen LogP contribution < -0.4 is 11.1 Å². The van der Waals surface area contributed by atoms with E-state index in [-0.39, 0.29) is 0 Å². The molecule has 0 aliphatic heterocycles. The quantitative estimate of drug-likeness (QED) is 0.518. The SMILES string of the molecule is CN(C)CCCCNCCCN. The van der Waals surface area contributed by atoms with Crippen LogP contribution >= 0.6 is 0 Å². The Balaban J connectivity index is 2.82. The summed E-state index contributed by atoms with van der Waals surface area (Å²) in [7, 11) is 4.23. The Morgan fingerprint density at radius 2 is 1.75 bits per heavy atom. The van der Waals surface area contributed by atoms with Crippen LogP contribution in [0.1, 0.15) is 19.3 Å². The van der Waals surface area contributed by atoms with E-state index in [4.69, 9.17) is 5.73 Å². The third-order valence-corrected chi connectivity index (χ3v) is 1.77. The smallest absolute Gasteiger partial charge is 0.00244 e. The first-order chi connectivity index (χ1) is 5.77. The summed E-state index contributed by atoms with van der Waals surface area (Å²) >= 11 is 0. The molecule has 0 atom stereocenters. The van der Waals surface area contributed by atoms with Gasteiger partial charge in [0, 0.05) is 0 Å². The van der Waals surface area contributed by atoms with E-state index in [0.29, 0.717) is 0 Å². The molecule has 0 radical (unpaired) electrons. The largest absolute Gasteiger partial charge is 0.330 e. The standard InChI is InChI=1S/C9H23N3/c1-12(2)9-4-3-7-11-8-5-6-10/h11H,3-10H2,1-2H3. The van der Waals surface area contributed by atoms with Crippen molar-refractivity contribution in [2.45, 2.75) is 19.3 Å². The third kappa shape index (κ3) is 9.88. The number of rotatable bonds is 8. The molecule has 74 valence electrons. The van der Waals surface area contributed by atoms with E-state index in [9.17, 15) is 0 Å². The van der Waals surface area contributed by atoms with E-state index >= 15 is 0 Å². The Morgan fingerprint density at radius 1 is 1.08 bits per heavy atom. The van der Waals surface area contributed by atoms with Gasteiger partial charge in [0.05, 0.1) is 0 Å². The minimum atomic E-state index is 0.796. The Bertz CT molecular complexity index is 83.8. The Kier molecular flexibility index (Phi) is 8.88. The molecule has 0 unspecified atom stereocenters. The first-order valence-electron chi connectivity index (χ1n) is 4.83. The second-order valence-corrected chi connectivity index (χ2v) is 3.40. The van der Waals surface area contributed by atoms with Crippen molar-refractivity contribution >= 4 is 0 Å². The lowest BCUT2D eigenvalue weighted by molar-refractivity contribution is 0.392. The van der Waals surface area contributed by atoms with Crippen LogP contribution in [0.15, 0.2) is 0 Å². The predicted molar refractivity (Wildman–Crippen MR) is 54.3 cm³/mol. The van der Waals surface area contributed by atoms with Gasteiger partial charge in [-0.15, -0.1) is 0 Å². The minimum Gasteiger partial charge on any atom is -0.330 e. The summed E-state index contributed by atoms with van der Waals surface area (Å²) in [5, 5.41) is 3.36. The number of hydrogen-bond acceptors (Lipinski definition) is 3. The molecule has 0 saturated heterocycles. The average Bonchev–Trinajstić information content (AvgIpc) is 2.02. The predicted octanol–water partition coefficient (Wildman–Crippen LogP) is 0.267. The number of unbranched alkanes of at least 4 members (excludes halogenated alkanes) is 1. The van der Waals surface area contributed by atoms with Crippen LogP contribution in [0.5, 0.6) is 0 Å². The third-order valence-electron chi connectivity index (χ3n) is 1.77. The molecule has 3 heteroatoms. The van der Waals surface area contributed by atoms with Gasteiger partial charge >= 0.3 is 0 Å². The Labute approximate surface area is 76.3 Å². The maximum Gasteiger partial charge on any atom is -0.00244 e. The van der Waals surface area contributed by atoms with E-state index in [2.05, 4.69) is 24.3 Å². The molecule has 0 aromatic heterocycles. The van der Waals surface area contributed by atoms with Crippen molar-refractivity contribution in [2.24, 2.45) is 5.73 Å². The van der Waals surface area contributed by atoms with Crippen LogP contribution in [0.25, 0.3) is 0 Å². The van der Waals surface area contributed by atoms with Crippen LogP contribution in [-0.4, -0.2) is 45.2 Å². The van der Waals surface area contributed by atoms with Crippen molar-refractivity contribution in [3.8, 4) is 0 Å². The Hall–Kier alpha value is -0.120. The molecule has 0 heterocycles. The molecule has 0 aliphatic carbocycles. The summed E-state index contributed by atoms with van der Waals surface area (Å²) in [6.45, 7) is 4.19. The summed E-state index contributed by atoms with van der Waals surface area (Å²) in [6, 6.07) is 0. The molecule has 0 bridgehead atoms. The molecule has 3 nitrogen and oxygen atoms in total. The lowest BCUT2D eigenvalue weighted by Gasteiger charge is -2.08. The fourth-order valence-electron chi connectivity index (χ4n) is 1.03. The zero-order valence-corrected chi connectivity index (χ0v) is 8.47. The summed E-state index contributed by atoms with van der Waals surface area (Å²) in [5.74, 6) is 0. The Morgan fingerprint density at radius 3 is 2.33 bits per heavy atom. The van der Waals surface area contributed by atoms with Crippen molar-refractivity contribution in [1.82, 2.24) is 10.2 Å². The van der Waals surface area contributed by atoms with Crippen LogP contribution in [0, 0.1) is 0 Å². The second kappa shape index (κ2) is 8.97. The van der Waals surface area contributed by atoms with Crippen molar-refractivity contribution in [2.75, 3.05) is 40.3 Å². The molecular formula is C9H23N3. The van der Waals surface area contributed by atoms with Crippen LogP contribution in [0.4, 0.5) is 0 Å². The highest BCUT2D eigenvalue weighted by Crippen LogP contribution is 1.88. The lowest BCUT2D eigenvalue weighted by atomic mass is 10.3. The van der Waals surface area contributed by atoms with Crippen LogP contribution in [0.3, 0.4) is 0 Å². The lowest BCUT2D eigenvalue weighted by Crippen LogP contribution is -2.20. The van der Waals surface area contributed by atoms with Crippen LogP contribution in [0.2, 0.25) is 0 Å². The number of hydrogen-bond donors (Lipinski definition) is 2. The molecule has 0 saturated carbocycles. The van der Waals surface area contributed by atoms with E-state index < -0.39 is 0 Å². The van der Waals surface area contributed by atoms with E-state index in [1.165, 1.54) is 19.4 Å². The topological polar surface area (TPSA) is 41.3 Å². The number of nitrogens with two attached hydrogens (primary N) is 1. The highest BCUT2D eigenvalue weighted by molar-refractivity contribution is 4.51. The average molecular weight is 173 g/mol. The van der Waals surface area contributed by atoms with Gasteiger partial charge in [-0.25, -0.2) is 0 Å².